The van der Waals surface area contributed by atoms with Crippen molar-refractivity contribution in [3.8, 4) is 5.75 Å². The van der Waals surface area contributed by atoms with E-state index >= 15 is 0 Å². The van der Waals surface area contributed by atoms with Crippen LogP contribution in [0.2, 0.25) is 0 Å². The lowest BCUT2D eigenvalue weighted by atomic mass is 9.99. The topological polar surface area (TPSA) is 30.5 Å². The molecular weight excluding hydrogens is 238 g/mol. The highest BCUT2D eigenvalue weighted by Gasteiger charge is 2.29. The van der Waals surface area contributed by atoms with Gasteiger partial charge in [0.1, 0.15) is 5.75 Å². The van der Waals surface area contributed by atoms with Crippen molar-refractivity contribution >= 4 is 0 Å². The molecule has 0 saturated carbocycles. The Morgan fingerprint density at radius 1 is 1.32 bits per heavy atom. The van der Waals surface area contributed by atoms with Crippen LogP contribution >= 0.6 is 0 Å². The zero-order chi connectivity index (χ0) is 13.8. The Kier molecular flexibility index (Phi) is 4.83. The molecule has 3 atom stereocenters. The molecule has 1 fully saturated rings. The predicted octanol–water partition coefficient (Wildman–Crippen LogP) is 3.30. The second kappa shape index (κ2) is 6.40. The molecule has 1 aliphatic heterocycles. The highest BCUT2D eigenvalue weighted by Crippen LogP contribution is 2.31. The smallest absolute Gasteiger partial charge is 0.120 e. The Morgan fingerprint density at radius 2 is 2.11 bits per heavy atom. The Morgan fingerprint density at radius 3 is 2.68 bits per heavy atom. The molecule has 2 rings (SSSR count). The molecule has 19 heavy (non-hydrogen) atoms. The van der Waals surface area contributed by atoms with E-state index < -0.39 is 0 Å². The van der Waals surface area contributed by atoms with E-state index in [-0.39, 0.29) is 18.2 Å². The number of nitrogens with one attached hydrogen (secondary N) is 1. The maximum absolute atomic E-state index is 5.99. The molecule has 3 nitrogen and oxygen atoms in total. The largest absolute Gasteiger partial charge is 0.491 e. The molecule has 0 aliphatic carbocycles. The van der Waals surface area contributed by atoms with Crippen molar-refractivity contribution in [2.45, 2.75) is 58.0 Å². The van der Waals surface area contributed by atoms with Gasteiger partial charge in [-0.05, 0) is 58.4 Å². The summed E-state index contributed by atoms with van der Waals surface area (Å²) in [7, 11) is 1.99. The molecule has 1 N–H and O–H groups in total. The lowest BCUT2D eigenvalue weighted by Gasteiger charge is -2.24. The normalized spacial score (nSPS) is 24.7. The van der Waals surface area contributed by atoms with Gasteiger partial charge in [0, 0.05) is 0 Å². The third-order valence-electron chi connectivity index (χ3n) is 3.54. The van der Waals surface area contributed by atoms with E-state index in [0.717, 1.165) is 18.6 Å². The second-order valence-electron chi connectivity index (χ2n) is 5.57. The standard InChI is InChI=1S/C16H25NO2/c1-11(2)18-14-7-5-6-13(10-14)16(17-4)15-9-8-12(3)19-15/h5-7,10-12,15-17H,8-9H2,1-4H3. The molecule has 0 radical (unpaired) electrons. The summed E-state index contributed by atoms with van der Waals surface area (Å²) in [5, 5.41) is 3.38. The molecule has 1 heterocycles. The molecule has 3 unspecified atom stereocenters. The van der Waals surface area contributed by atoms with Gasteiger partial charge in [-0.3, -0.25) is 0 Å². The van der Waals surface area contributed by atoms with Crippen molar-refractivity contribution in [2.24, 2.45) is 0 Å². The fraction of sp³-hybridized carbons (Fsp3) is 0.625. The minimum Gasteiger partial charge on any atom is -0.491 e. The predicted molar refractivity (Wildman–Crippen MR) is 77.6 cm³/mol. The zero-order valence-corrected chi connectivity index (χ0v) is 12.3. The summed E-state index contributed by atoms with van der Waals surface area (Å²) in [6.07, 6.45) is 3.09. The van der Waals surface area contributed by atoms with E-state index in [1.165, 1.54) is 5.56 Å². The minimum absolute atomic E-state index is 0.200. The van der Waals surface area contributed by atoms with Gasteiger partial charge < -0.3 is 14.8 Å². The van der Waals surface area contributed by atoms with Gasteiger partial charge in [-0.15, -0.1) is 0 Å². The zero-order valence-electron chi connectivity index (χ0n) is 12.3. The van der Waals surface area contributed by atoms with Crippen LogP contribution in [0.3, 0.4) is 0 Å². The van der Waals surface area contributed by atoms with Gasteiger partial charge >= 0.3 is 0 Å². The second-order valence-corrected chi connectivity index (χ2v) is 5.57. The maximum atomic E-state index is 5.99. The summed E-state index contributed by atoms with van der Waals surface area (Å²) in [4.78, 5) is 0. The fourth-order valence-electron chi connectivity index (χ4n) is 2.70. The van der Waals surface area contributed by atoms with Gasteiger partial charge in [-0.25, -0.2) is 0 Å². The molecule has 0 spiro atoms. The summed E-state index contributed by atoms with van der Waals surface area (Å²) in [5.41, 5.74) is 1.24. The number of hydrogen-bond donors (Lipinski definition) is 1. The lowest BCUT2D eigenvalue weighted by Crippen LogP contribution is -2.29. The van der Waals surface area contributed by atoms with Gasteiger partial charge in [0.25, 0.3) is 0 Å². The number of ether oxygens (including phenoxy) is 2. The molecule has 3 heteroatoms. The van der Waals surface area contributed by atoms with E-state index in [4.69, 9.17) is 9.47 Å². The van der Waals surface area contributed by atoms with E-state index in [9.17, 15) is 0 Å². The van der Waals surface area contributed by atoms with E-state index in [1.54, 1.807) is 0 Å². The van der Waals surface area contributed by atoms with Crippen molar-refractivity contribution in [3.05, 3.63) is 29.8 Å². The molecule has 0 amide bonds. The lowest BCUT2D eigenvalue weighted by molar-refractivity contribution is 0.0332. The number of likely N-dealkylation sites (N-methyl/N-ethyl adjacent to an activating group) is 1. The summed E-state index contributed by atoms with van der Waals surface area (Å²) >= 11 is 0. The molecule has 106 valence electrons. The van der Waals surface area contributed by atoms with Crippen LogP contribution in [-0.4, -0.2) is 25.4 Å². The van der Waals surface area contributed by atoms with Gasteiger partial charge in [0.15, 0.2) is 0 Å². The van der Waals surface area contributed by atoms with Crippen molar-refractivity contribution < 1.29 is 9.47 Å². The van der Waals surface area contributed by atoms with Crippen LogP contribution in [0.15, 0.2) is 24.3 Å². The van der Waals surface area contributed by atoms with Crippen molar-refractivity contribution in [1.82, 2.24) is 5.32 Å². The van der Waals surface area contributed by atoms with Gasteiger partial charge in [0.2, 0.25) is 0 Å². The third kappa shape index (κ3) is 3.71. The van der Waals surface area contributed by atoms with Crippen LogP contribution < -0.4 is 10.1 Å². The average molecular weight is 263 g/mol. The van der Waals surface area contributed by atoms with Crippen LogP contribution in [0, 0.1) is 0 Å². The average Bonchev–Trinajstić information content (AvgIpc) is 2.76. The van der Waals surface area contributed by atoms with Crippen LogP contribution in [-0.2, 0) is 4.74 Å². The molecular formula is C16H25NO2. The highest BCUT2D eigenvalue weighted by molar-refractivity contribution is 5.31. The molecule has 1 saturated heterocycles. The van der Waals surface area contributed by atoms with Gasteiger partial charge in [0.05, 0.1) is 24.4 Å². The van der Waals surface area contributed by atoms with Crippen LogP contribution in [0.1, 0.15) is 45.2 Å². The molecule has 1 aromatic rings. The highest BCUT2D eigenvalue weighted by atomic mass is 16.5. The Balaban J connectivity index is 2.13. The van der Waals surface area contributed by atoms with E-state index in [2.05, 4.69) is 30.4 Å². The first-order chi connectivity index (χ1) is 9.10. The van der Waals surface area contributed by atoms with E-state index in [1.807, 2.05) is 27.0 Å². The first-order valence-corrected chi connectivity index (χ1v) is 7.19. The Bertz CT molecular complexity index is 405. The minimum atomic E-state index is 0.200. The Labute approximate surface area is 116 Å². The number of benzene rings is 1. The Hall–Kier alpha value is -1.06. The van der Waals surface area contributed by atoms with Crippen molar-refractivity contribution in [1.29, 1.82) is 0 Å². The maximum Gasteiger partial charge on any atom is 0.120 e. The van der Waals surface area contributed by atoms with Crippen LogP contribution in [0.25, 0.3) is 0 Å². The summed E-state index contributed by atoms with van der Waals surface area (Å²) in [6, 6.07) is 8.55. The van der Waals surface area contributed by atoms with Gasteiger partial charge in [-0.2, -0.15) is 0 Å². The van der Waals surface area contributed by atoms with E-state index in [0.29, 0.717) is 6.10 Å². The SMILES string of the molecule is CNC(c1cccc(OC(C)C)c1)C1CCC(C)O1. The number of hydrogen-bond acceptors (Lipinski definition) is 3. The molecule has 0 bridgehead atoms. The van der Waals surface area contributed by atoms with Crippen molar-refractivity contribution in [3.63, 3.8) is 0 Å². The first kappa shape index (κ1) is 14.4. The monoisotopic (exact) mass is 263 g/mol. The number of rotatable bonds is 5. The third-order valence-corrected chi connectivity index (χ3v) is 3.54. The van der Waals surface area contributed by atoms with Gasteiger partial charge in [-0.1, -0.05) is 12.1 Å². The fourth-order valence-corrected chi connectivity index (χ4v) is 2.70. The molecule has 1 aliphatic rings. The molecule has 0 aromatic heterocycles. The summed E-state index contributed by atoms with van der Waals surface area (Å²) in [5.74, 6) is 0.929. The molecule has 1 aromatic carbocycles. The quantitative estimate of drug-likeness (QED) is 0.884. The van der Waals surface area contributed by atoms with Crippen LogP contribution in [0.5, 0.6) is 5.75 Å². The van der Waals surface area contributed by atoms with Crippen LogP contribution in [0.4, 0.5) is 0 Å². The van der Waals surface area contributed by atoms with Crippen molar-refractivity contribution in [2.75, 3.05) is 7.05 Å². The summed E-state index contributed by atoms with van der Waals surface area (Å²) in [6.45, 7) is 6.24. The summed E-state index contributed by atoms with van der Waals surface area (Å²) < 4.78 is 11.8. The first-order valence-electron chi connectivity index (χ1n) is 7.19.